The van der Waals surface area contributed by atoms with Crippen molar-refractivity contribution in [2.75, 3.05) is 0 Å². The van der Waals surface area contributed by atoms with Crippen LogP contribution >= 0.6 is 11.6 Å². The molecule has 1 radical (unpaired) electrons. The molecule has 1 aromatic heterocycles. The number of aryl methyl sites for hydroxylation is 1. The summed E-state index contributed by atoms with van der Waals surface area (Å²) in [7, 11) is 0. The highest BCUT2D eigenvalue weighted by Gasteiger charge is 2.01. The molecule has 2 nitrogen and oxygen atoms in total. The van der Waals surface area contributed by atoms with E-state index in [1.54, 1.807) is 0 Å². The Bertz CT molecular complexity index is 420. The summed E-state index contributed by atoms with van der Waals surface area (Å²) < 4.78 is 1.92. The average Bonchev–Trinajstić information content (AvgIpc) is 2.49. The third-order valence-corrected chi connectivity index (χ3v) is 2.21. The Hall–Kier alpha value is -1.02. The molecule has 0 fully saturated rings. The van der Waals surface area contributed by atoms with Gasteiger partial charge in [-0.2, -0.15) is 5.10 Å². The highest BCUT2D eigenvalue weighted by molar-refractivity contribution is 6.31. The van der Waals surface area contributed by atoms with Gasteiger partial charge >= 0.3 is 0 Å². The largest absolute Gasteiger partial charge is 0.265 e. The van der Waals surface area contributed by atoms with Crippen LogP contribution in [-0.4, -0.2) is 9.78 Å². The molecule has 0 aliphatic carbocycles. The molecule has 0 bridgehead atoms. The first-order valence-electron chi connectivity index (χ1n) is 4.21. The highest BCUT2D eigenvalue weighted by atomic mass is 35.5. The van der Waals surface area contributed by atoms with Gasteiger partial charge in [0.25, 0.3) is 0 Å². The topological polar surface area (TPSA) is 17.8 Å². The lowest BCUT2D eigenvalue weighted by Crippen LogP contribution is -1.97. The van der Waals surface area contributed by atoms with E-state index in [0.29, 0.717) is 0 Å². The molecule has 0 saturated carbocycles. The molecule has 0 unspecified atom stereocenters. The molecule has 0 saturated heterocycles. The fourth-order valence-electron chi connectivity index (χ4n) is 1.37. The molecule has 0 spiro atoms. The number of rotatable bonds is 2. The number of hydrogen-bond donors (Lipinski definition) is 0. The predicted molar refractivity (Wildman–Crippen MR) is 54.7 cm³/mol. The summed E-state index contributed by atoms with van der Waals surface area (Å²) in [6.07, 6.45) is 2.69. The molecule has 0 N–H and O–H groups in total. The number of halogens is 1. The van der Waals surface area contributed by atoms with Gasteiger partial charge in [-0.05, 0) is 24.6 Å². The van der Waals surface area contributed by atoms with Crippen LogP contribution in [0, 0.1) is 6.92 Å². The Labute approximate surface area is 82.1 Å². The van der Waals surface area contributed by atoms with E-state index in [1.807, 2.05) is 29.1 Å². The SMILES string of the molecule is [CH2]CCn1ncc2ccc(Cl)cc21. The van der Waals surface area contributed by atoms with Crippen molar-refractivity contribution in [3.05, 3.63) is 36.3 Å². The molecule has 0 atom stereocenters. The van der Waals surface area contributed by atoms with Crippen LogP contribution in [-0.2, 0) is 6.54 Å². The van der Waals surface area contributed by atoms with Gasteiger partial charge in [0.1, 0.15) is 0 Å². The maximum absolute atomic E-state index is 5.89. The van der Waals surface area contributed by atoms with E-state index in [0.717, 1.165) is 28.9 Å². The van der Waals surface area contributed by atoms with Crippen LogP contribution < -0.4 is 0 Å². The molecule has 1 heterocycles. The summed E-state index contributed by atoms with van der Waals surface area (Å²) in [5.74, 6) is 0. The van der Waals surface area contributed by atoms with E-state index in [4.69, 9.17) is 11.6 Å². The van der Waals surface area contributed by atoms with E-state index in [2.05, 4.69) is 12.0 Å². The Balaban J connectivity index is 2.58. The minimum atomic E-state index is 0.748. The summed E-state index contributed by atoms with van der Waals surface area (Å²) in [6, 6.07) is 5.78. The van der Waals surface area contributed by atoms with Crippen LogP contribution in [0.5, 0.6) is 0 Å². The van der Waals surface area contributed by atoms with Crippen LogP contribution in [0.2, 0.25) is 5.02 Å². The number of fused-ring (bicyclic) bond motifs is 1. The molecule has 1 aromatic carbocycles. The quantitative estimate of drug-likeness (QED) is 0.717. The Kier molecular flexibility index (Phi) is 2.23. The first-order chi connectivity index (χ1) is 6.31. The van der Waals surface area contributed by atoms with E-state index in [9.17, 15) is 0 Å². The van der Waals surface area contributed by atoms with Crippen molar-refractivity contribution in [2.45, 2.75) is 13.0 Å². The molecular weight excluding hydrogens is 184 g/mol. The third-order valence-electron chi connectivity index (χ3n) is 1.98. The molecule has 0 aliphatic heterocycles. The number of aromatic nitrogens is 2. The van der Waals surface area contributed by atoms with Gasteiger partial charge in [-0.1, -0.05) is 18.5 Å². The van der Waals surface area contributed by atoms with Crippen molar-refractivity contribution in [1.82, 2.24) is 9.78 Å². The second-order valence-electron chi connectivity index (χ2n) is 2.92. The van der Waals surface area contributed by atoms with Crippen molar-refractivity contribution < 1.29 is 0 Å². The zero-order chi connectivity index (χ0) is 9.26. The second kappa shape index (κ2) is 3.38. The first-order valence-corrected chi connectivity index (χ1v) is 4.59. The highest BCUT2D eigenvalue weighted by Crippen LogP contribution is 2.18. The Morgan fingerprint density at radius 1 is 1.46 bits per heavy atom. The van der Waals surface area contributed by atoms with E-state index in [-0.39, 0.29) is 0 Å². The molecule has 67 valence electrons. The third kappa shape index (κ3) is 1.54. The van der Waals surface area contributed by atoms with Crippen LogP contribution in [0.4, 0.5) is 0 Å². The molecule has 3 heteroatoms. The average molecular weight is 194 g/mol. The van der Waals surface area contributed by atoms with Gasteiger partial charge < -0.3 is 0 Å². The smallest absolute Gasteiger partial charge is 0.0697 e. The maximum atomic E-state index is 5.89. The van der Waals surface area contributed by atoms with Crippen molar-refractivity contribution in [3.63, 3.8) is 0 Å². The van der Waals surface area contributed by atoms with Gasteiger partial charge in [0.05, 0.1) is 11.7 Å². The summed E-state index contributed by atoms with van der Waals surface area (Å²) >= 11 is 5.89. The van der Waals surface area contributed by atoms with Crippen LogP contribution in [0.25, 0.3) is 10.9 Å². The van der Waals surface area contributed by atoms with Crippen molar-refractivity contribution >= 4 is 22.5 Å². The number of hydrogen-bond acceptors (Lipinski definition) is 1. The Morgan fingerprint density at radius 3 is 3.08 bits per heavy atom. The minimum absolute atomic E-state index is 0.748. The van der Waals surface area contributed by atoms with Crippen molar-refractivity contribution in [1.29, 1.82) is 0 Å². The lowest BCUT2D eigenvalue weighted by atomic mass is 10.2. The lowest BCUT2D eigenvalue weighted by molar-refractivity contribution is 0.644. The van der Waals surface area contributed by atoms with Gasteiger partial charge in [0.15, 0.2) is 0 Å². The summed E-state index contributed by atoms with van der Waals surface area (Å²) in [6.45, 7) is 4.63. The van der Waals surface area contributed by atoms with Crippen LogP contribution in [0.15, 0.2) is 24.4 Å². The molecule has 2 rings (SSSR count). The van der Waals surface area contributed by atoms with Gasteiger partial charge in [-0.3, -0.25) is 4.68 Å². The number of nitrogens with zero attached hydrogens (tertiary/aromatic N) is 2. The van der Waals surface area contributed by atoms with Gasteiger partial charge in [-0.15, -0.1) is 0 Å². The summed E-state index contributed by atoms with van der Waals surface area (Å²) in [5.41, 5.74) is 1.08. The monoisotopic (exact) mass is 193 g/mol. The molecule has 13 heavy (non-hydrogen) atoms. The maximum Gasteiger partial charge on any atom is 0.0697 e. The van der Waals surface area contributed by atoms with E-state index < -0.39 is 0 Å². The fraction of sp³-hybridized carbons (Fsp3) is 0.200. The van der Waals surface area contributed by atoms with Gasteiger partial charge in [-0.25, -0.2) is 0 Å². The standard InChI is InChI=1S/C10H10ClN2/c1-2-5-13-10-6-9(11)4-3-8(10)7-12-13/h3-4,6-7H,1-2,5H2. The lowest BCUT2D eigenvalue weighted by Gasteiger charge is -2.00. The van der Waals surface area contributed by atoms with Gasteiger partial charge in [0.2, 0.25) is 0 Å². The fourth-order valence-corrected chi connectivity index (χ4v) is 1.54. The Morgan fingerprint density at radius 2 is 2.31 bits per heavy atom. The predicted octanol–water partition coefficient (Wildman–Crippen LogP) is 2.91. The minimum Gasteiger partial charge on any atom is -0.265 e. The molecule has 2 aromatic rings. The molecule has 0 amide bonds. The van der Waals surface area contributed by atoms with Crippen molar-refractivity contribution in [3.8, 4) is 0 Å². The van der Waals surface area contributed by atoms with E-state index in [1.165, 1.54) is 0 Å². The zero-order valence-corrected chi connectivity index (χ0v) is 7.96. The van der Waals surface area contributed by atoms with Crippen LogP contribution in [0.3, 0.4) is 0 Å². The van der Waals surface area contributed by atoms with Crippen LogP contribution in [0.1, 0.15) is 6.42 Å². The molecule has 0 aliphatic rings. The first kappa shape index (κ1) is 8.57. The summed E-state index contributed by atoms with van der Waals surface area (Å²) in [5, 5.41) is 6.12. The molecular formula is C10H10ClN2. The normalized spacial score (nSPS) is 10.9. The number of benzene rings is 1. The van der Waals surface area contributed by atoms with E-state index >= 15 is 0 Å². The summed E-state index contributed by atoms with van der Waals surface area (Å²) in [4.78, 5) is 0. The van der Waals surface area contributed by atoms with Gasteiger partial charge in [0, 0.05) is 17.0 Å². The zero-order valence-electron chi connectivity index (χ0n) is 7.20. The van der Waals surface area contributed by atoms with Crippen molar-refractivity contribution in [2.24, 2.45) is 0 Å². The second-order valence-corrected chi connectivity index (χ2v) is 3.36.